The fourth-order valence-corrected chi connectivity index (χ4v) is 5.74. The second-order valence-electron chi connectivity index (χ2n) is 8.45. The number of cyclic esters (lactones) is 2. The average molecular weight is 414 g/mol. The standard InChI is InChI=1S/C22H22O8/c1-10-15-5-13(24)6-16-21(26)28-9-22(15,16)17(29-11(2)23)7-14-18(10)19(30-20(14)25)12-3-4-27-8-12/h3-4,6,8,13-15,17,19,24H,5,7,9H2,1-2H3/t13-,14?,15+,17?,19-,22+/m0/s1. The van der Waals surface area contributed by atoms with E-state index in [1.54, 1.807) is 6.07 Å². The van der Waals surface area contributed by atoms with E-state index in [4.69, 9.17) is 18.6 Å². The monoisotopic (exact) mass is 414 g/mol. The van der Waals surface area contributed by atoms with Crippen molar-refractivity contribution in [3.8, 4) is 0 Å². The van der Waals surface area contributed by atoms with Crippen LogP contribution in [0.2, 0.25) is 0 Å². The highest BCUT2D eigenvalue weighted by molar-refractivity contribution is 5.93. The molecule has 0 aromatic carbocycles. The molecule has 0 saturated carbocycles. The van der Waals surface area contributed by atoms with E-state index in [-0.39, 0.29) is 18.9 Å². The lowest BCUT2D eigenvalue weighted by Gasteiger charge is -2.44. The Morgan fingerprint density at radius 1 is 1.30 bits per heavy atom. The van der Waals surface area contributed by atoms with Gasteiger partial charge >= 0.3 is 17.9 Å². The quantitative estimate of drug-likeness (QED) is 0.444. The Morgan fingerprint density at radius 2 is 2.10 bits per heavy atom. The minimum Gasteiger partial charge on any atom is -0.472 e. The van der Waals surface area contributed by atoms with Gasteiger partial charge in [-0.1, -0.05) is 5.57 Å². The SMILES string of the molecule is CC(=O)OC1CC2C(=O)O[C@@H](c3ccoc3)C2=C(C)[C@H]2C[C@H](O)C=C3C(=O)OC[C@@]312. The molecular formula is C22H22O8. The van der Waals surface area contributed by atoms with Gasteiger partial charge < -0.3 is 23.7 Å². The third-order valence-electron chi connectivity index (χ3n) is 6.95. The van der Waals surface area contributed by atoms with Crippen LogP contribution < -0.4 is 0 Å². The maximum Gasteiger partial charge on any atom is 0.334 e. The fraction of sp³-hybridized carbons (Fsp3) is 0.500. The normalized spacial score (nSPS) is 37.4. The summed E-state index contributed by atoms with van der Waals surface area (Å²) in [5, 5.41) is 10.5. The van der Waals surface area contributed by atoms with Crippen LogP contribution in [0.4, 0.5) is 0 Å². The van der Waals surface area contributed by atoms with Crippen LogP contribution >= 0.6 is 0 Å². The van der Waals surface area contributed by atoms with Crippen molar-refractivity contribution in [3.63, 3.8) is 0 Å². The summed E-state index contributed by atoms with van der Waals surface area (Å²) in [4.78, 5) is 37.4. The number of hydrogen-bond donors (Lipinski definition) is 1. The number of fused-ring (bicyclic) bond motifs is 1. The second-order valence-corrected chi connectivity index (χ2v) is 8.45. The number of carbonyl (C=O) groups is 3. The smallest absolute Gasteiger partial charge is 0.334 e. The molecular weight excluding hydrogens is 392 g/mol. The molecule has 8 nitrogen and oxygen atoms in total. The molecule has 30 heavy (non-hydrogen) atoms. The summed E-state index contributed by atoms with van der Waals surface area (Å²) < 4.78 is 22.0. The minimum atomic E-state index is -0.940. The van der Waals surface area contributed by atoms with Gasteiger partial charge in [0.2, 0.25) is 0 Å². The number of carbonyl (C=O) groups excluding carboxylic acids is 3. The molecule has 1 spiro atoms. The summed E-state index contributed by atoms with van der Waals surface area (Å²) >= 11 is 0. The average Bonchev–Trinajstić information content (AvgIpc) is 3.38. The van der Waals surface area contributed by atoms with Crippen molar-refractivity contribution in [2.75, 3.05) is 6.61 Å². The van der Waals surface area contributed by atoms with Crippen LogP contribution in [-0.4, -0.2) is 41.8 Å². The number of rotatable bonds is 2. The second kappa shape index (κ2) is 6.57. The largest absolute Gasteiger partial charge is 0.472 e. The fourth-order valence-electron chi connectivity index (χ4n) is 5.74. The Morgan fingerprint density at radius 3 is 2.80 bits per heavy atom. The van der Waals surface area contributed by atoms with E-state index in [0.29, 0.717) is 17.6 Å². The summed E-state index contributed by atoms with van der Waals surface area (Å²) in [5.41, 5.74) is 1.74. The van der Waals surface area contributed by atoms with Gasteiger partial charge in [0.15, 0.2) is 6.10 Å². The van der Waals surface area contributed by atoms with E-state index in [0.717, 1.165) is 11.1 Å². The van der Waals surface area contributed by atoms with Crippen molar-refractivity contribution < 1.29 is 38.1 Å². The zero-order valence-electron chi connectivity index (χ0n) is 16.6. The van der Waals surface area contributed by atoms with Gasteiger partial charge in [0.05, 0.1) is 30.0 Å². The van der Waals surface area contributed by atoms with Gasteiger partial charge in [-0.2, -0.15) is 0 Å². The zero-order chi connectivity index (χ0) is 21.2. The van der Waals surface area contributed by atoms with Crippen molar-refractivity contribution >= 4 is 17.9 Å². The van der Waals surface area contributed by atoms with Crippen molar-refractivity contribution in [2.45, 2.75) is 45.0 Å². The van der Waals surface area contributed by atoms with Crippen molar-refractivity contribution in [1.29, 1.82) is 0 Å². The van der Waals surface area contributed by atoms with Gasteiger partial charge in [-0.05, 0) is 37.0 Å². The molecule has 5 rings (SSSR count). The van der Waals surface area contributed by atoms with E-state index in [9.17, 15) is 19.5 Å². The number of aliphatic hydroxyl groups excluding tert-OH is 1. The van der Waals surface area contributed by atoms with Gasteiger partial charge in [-0.25, -0.2) is 4.79 Å². The first-order valence-electron chi connectivity index (χ1n) is 10.0. The number of ether oxygens (including phenoxy) is 3. The summed E-state index contributed by atoms with van der Waals surface area (Å²) in [5.74, 6) is -2.40. The number of esters is 3. The van der Waals surface area contributed by atoms with Crippen LogP contribution in [0.15, 0.2) is 45.8 Å². The molecule has 158 valence electrons. The minimum absolute atomic E-state index is 0.0375. The zero-order valence-corrected chi connectivity index (χ0v) is 16.6. The van der Waals surface area contributed by atoms with Gasteiger partial charge in [-0.3, -0.25) is 9.59 Å². The molecule has 2 fully saturated rings. The Bertz CT molecular complexity index is 987. The number of furan rings is 1. The molecule has 3 heterocycles. The lowest BCUT2D eigenvalue weighted by atomic mass is 9.60. The molecule has 0 amide bonds. The molecule has 1 aromatic rings. The molecule has 2 unspecified atom stereocenters. The highest BCUT2D eigenvalue weighted by atomic mass is 16.6. The lowest BCUT2D eigenvalue weighted by molar-refractivity contribution is -0.159. The van der Waals surface area contributed by atoms with Gasteiger partial charge in [0.1, 0.15) is 12.7 Å². The molecule has 2 saturated heterocycles. The van der Waals surface area contributed by atoms with Crippen LogP contribution in [0.3, 0.4) is 0 Å². The van der Waals surface area contributed by atoms with E-state index in [2.05, 4.69) is 0 Å². The van der Waals surface area contributed by atoms with Crippen molar-refractivity contribution in [2.24, 2.45) is 17.3 Å². The highest BCUT2D eigenvalue weighted by Crippen LogP contribution is 2.59. The topological polar surface area (TPSA) is 112 Å². The molecule has 1 N–H and O–H groups in total. The summed E-state index contributed by atoms with van der Waals surface area (Å²) in [6, 6.07) is 1.74. The highest BCUT2D eigenvalue weighted by Gasteiger charge is 2.63. The molecule has 6 atom stereocenters. The van der Waals surface area contributed by atoms with E-state index >= 15 is 0 Å². The van der Waals surface area contributed by atoms with Crippen LogP contribution in [-0.2, 0) is 28.6 Å². The first kappa shape index (κ1) is 19.1. The number of hydrogen-bond acceptors (Lipinski definition) is 8. The number of aliphatic hydroxyl groups is 1. The van der Waals surface area contributed by atoms with Gasteiger partial charge in [0.25, 0.3) is 0 Å². The van der Waals surface area contributed by atoms with E-state index in [1.165, 1.54) is 25.5 Å². The predicted octanol–water partition coefficient (Wildman–Crippen LogP) is 2.00. The molecule has 8 heteroatoms. The molecule has 4 aliphatic rings. The Balaban J connectivity index is 1.72. The Hall–Kier alpha value is -2.87. The van der Waals surface area contributed by atoms with E-state index in [1.807, 2.05) is 6.92 Å². The maximum atomic E-state index is 12.9. The molecule has 2 aliphatic carbocycles. The first-order chi connectivity index (χ1) is 14.3. The van der Waals surface area contributed by atoms with Gasteiger partial charge in [0, 0.05) is 24.5 Å². The third-order valence-corrected chi connectivity index (χ3v) is 6.95. The van der Waals surface area contributed by atoms with Crippen LogP contribution in [0.25, 0.3) is 0 Å². The molecule has 1 aromatic heterocycles. The van der Waals surface area contributed by atoms with Crippen molar-refractivity contribution in [3.05, 3.63) is 47.0 Å². The maximum absolute atomic E-state index is 12.9. The van der Waals surface area contributed by atoms with Crippen LogP contribution in [0.5, 0.6) is 0 Å². The lowest BCUT2D eigenvalue weighted by Crippen LogP contribution is -2.49. The molecule has 2 aliphatic heterocycles. The third kappa shape index (κ3) is 2.52. The summed E-state index contributed by atoms with van der Waals surface area (Å²) in [7, 11) is 0. The van der Waals surface area contributed by atoms with Crippen molar-refractivity contribution in [1.82, 2.24) is 0 Å². The first-order valence-corrected chi connectivity index (χ1v) is 10.0. The van der Waals surface area contributed by atoms with Crippen LogP contribution in [0.1, 0.15) is 38.4 Å². The predicted molar refractivity (Wildman–Crippen MR) is 99.5 cm³/mol. The van der Waals surface area contributed by atoms with E-state index < -0.39 is 47.6 Å². The number of allylic oxidation sites excluding steroid dienone is 1. The Labute approximate surface area is 172 Å². The summed E-state index contributed by atoms with van der Waals surface area (Å²) in [6.07, 6.45) is 2.84. The molecule has 0 radical (unpaired) electrons. The Kier molecular flexibility index (Phi) is 4.18. The van der Waals surface area contributed by atoms with Crippen LogP contribution in [0, 0.1) is 17.3 Å². The summed E-state index contributed by atoms with van der Waals surface area (Å²) in [6.45, 7) is 3.24. The van der Waals surface area contributed by atoms with Gasteiger partial charge in [-0.15, -0.1) is 0 Å². The molecule has 0 bridgehead atoms.